The summed E-state index contributed by atoms with van der Waals surface area (Å²) in [7, 11) is 0. The van der Waals surface area contributed by atoms with Crippen molar-refractivity contribution < 1.29 is 22.8 Å². The molecule has 3 nitrogen and oxygen atoms in total. The Morgan fingerprint density at radius 1 is 1.25 bits per heavy atom. The van der Waals surface area contributed by atoms with Gasteiger partial charge in [-0.05, 0) is 17.7 Å². The molecule has 1 aliphatic rings. The zero-order valence-electron chi connectivity index (χ0n) is 8.04. The van der Waals surface area contributed by atoms with E-state index in [0.29, 0.717) is 5.56 Å². The van der Waals surface area contributed by atoms with Crippen molar-refractivity contribution >= 4 is 5.91 Å². The monoisotopic (exact) mass is 231 g/mol. The van der Waals surface area contributed by atoms with Crippen LogP contribution in [0.5, 0.6) is 0 Å². The number of benzene rings is 1. The second kappa shape index (κ2) is 3.79. The van der Waals surface area contributed by atoms with E-state index in [9.17, 15) is 18.0 Å². The third-order valence-electron chi connectivity index (χ3n) is 2.30. The largest absolute Gasteiger partial charge is 0.416 e. The van der Waals surface area contributed by atoms with Gasteiger partial charge in [-0.3, -0.25) is 9.63 Å². The van der Waals surface area contributed by atoms with Gasteiger partial charge >= 0.3 is 6.18 Å². The Labute approximate surface area is 89.2 Å². The Balaban J connectivity index is 2.17. The van der Waals surface area contributed by atoms with Gasteiger partial charge in [0, 0.05) is 0 Å². The van der Waals surface area contributed by atoms with Gasteiger partial charge in [0.1, 0.15) is 6.10 Å². The number of carbonyl (C=O) groups is 1. The van der Waals surface area contributed by atoms with Gasteiger partial charge in [0.25, 0.3) is 0 Å². The minimum absolute atomic E-state index is 0.130. The summed E-state index contributed by atoms with van der Waals surface area (Å²) in [5.74, 6) is -0.273. The van der Waals surface area contributed by atoms with Crippen molar-refractivity contribution in [3.05, 3.63) is 35.4 Å². The van der Waals surface area contributed by atoms with Gasteiger partial charge in [0.15, 0.2) is 0 Å². The average molecular weight is 231 g/mol. The van der Waals surface area contributed by atoms with Crippen LogP contribution < -0.4 is 5.48 Å². The van der Waals surface area contributed by atoms with E-state index in [1.807, 2.05) is 0 Å². The third kappa shape index (κ3) is 2.16. The maximum Gasteiger partial charge on any atom is 0.416 e. The quantitative estimate of drug-likeness (QED) is 0.804. The maximum atomic E-state index is 12.3. The van der Waals surface area contributed by atoms with Crippen LogP contribution in [0.3, 0.4) is 0 Å². The minimum atomic E-state index is -4.34. The highest BCUT2D eigenvalue weighted by molar-refractivity contribution is 5.77. The van der Waals surface area contributed by atoms with Gasteiger partial charge in [0.2, 0.25) is 5.91 Å². The lowest BCUT2D eigenvalue weighted by atomic mass is 10.0. The maximum absolute atomic E-state index is 12.3. The van der Waals surface area contributed by atoms with Crippen molar-refractivity contribution in [2.75, 3.05) is 0 Å². The van der Waals surface area contributed by atoms with Crippen LogP contribution in [0.15, 0.2) is 24.3 Å². The van der Waals surface area contributed by atoms with Crippen LogP contribution in [0, 0.1) is 0 Å². The normalized spacial score (nSPS) is 20.9. The highest BCUT2D eigenvalue weighted by Crippen LogP contribution is 2.31. The molecule has 1 amide bonds. The zero-order chi connectivity index (χ0) is 11.8. The Morgan fingerprint density at radius 3 is 2.31 bits per heavy atom. The summed E-state index contributed by atoms with van der Waals surface area (Å²) in [6, 6.07) is 4.57. The van der Waals surface area contributed by atoms with Crippen molar-refractivity contribution in [1.29, 1.82) is 0 Å². The fourth-order valence-electron chi connectivity index (χ4n) is 1.46. The molecule has 1 aliphatic heterocycles. The molecule has 16 heavy (non-hydrogen) atoms. The van der Waals surface area contributed by atoms with Crippen LogP contribution in [0.2, 0.25) is 0 Å². The van der Waals surface area contributed by atoms with E-state index in [-0.39, 0.29) is 12.3 Å². The van der Waals surface area contributed by atoms with Crippen LogP contribution in [-0.4, -0.2) is 5.91 Å². The molecule has 6 heteroatoms. The molecule has 1 heterocycles. The van der Waals surface area contributed by atoms with Gasteiger partial charge in [-0.1, -0.05) is 12.1 Å². The number of alkyl halides is 3. The molecule has 0 bridgehead atoms. The van der Waals surface area contributed by atoms with E-state index >= 15 is 0 Å². The van der Waals surface area contributed by atoms with Crippen molar-refractivity contribution in [1.82, 2.24) is 5.48 Å². The number of hydroxylamine groups is 1. The van der Waals surface area contributed by atoms with E-state index < -0.39 is 17.8 Å². The fraction of sp³-hybridized carbons (Fsp3) is 0.300. The molecule has 1 atom stereocenters. The highest BCUT2D eigenvalue weighted by atomic mass is 19.4. The van der Waals surface area contributed by atoms with Crippen LogP contribution in [0.25, 0.3) is 0 Å². The summed E-state index contributed by atoms with van der Waals surface area (Å²) in [6.45, 7) is 0. The van der Waals surface area contributed by atoms with Crippen LogP contribution in [-0.2, 0) is 15.8 Å². The van der Waals surface area contributed by atoms with E-state index in [4.69, 9.17) is 4.84 Å². The number of carbonyl (C=O) groups excluding carboxylic acids is 1. The Morgan fingerprint density at radius 2 is 1.88 bits per heavy atom. The van der Waals surface area contributed by atoms with Gasteiger partial charge in [0.05, 0.1) is 12.0 Å². The smallest absolute Gasteiger partial charge is 0.273 e. The third-order valence-corrected chi connectivity index (χ3v) is 2.30. The van der Waals surface area contributed by atoms with Crippen molar-refractivity contribution in [3.8, 4) is 0 Å². The number of nitrogens with one attached hydrogen (secondary N) is 1. The molecule has 0 saturated carbocycles. The molecule has 1 N–H and O–H groups in total. The van der Waals surface area contributed by atoms with E-state index in [1.54, 1.807) is 0 Å². The van der Waals surface area contributed by atoms with Crippen molar-refractivity contribution in [2.24, 2.45) is 0 Å². The molecule has 0 radical (unpaired) electrons. The first-order chi connectivity index (χ1) is 7.47. The van der Waals surface area contributed by atoms with E-state index in [2.05, 4.69) is 5.48 Å². The highest BCUT2D eigenvalue weighted by Gasteiger charge is 2.31. The summed E-state index contributed by atoms with van der Waals surface area (Å²) < 4.78 is 36.8. The molecular formula is C10H8F3NO2. The zero-order valence-corrected chi connectivity index (χ0v) is 8.04. The Bertz CT molecular complexity index is 400. The summed E-state index contributed by atoms with van der Waals surface area (Å²) in [6.07, 6.45) is -4.72. The topological polar surface area (TPSA) is 38.3 Å². The predicted octanol–water partition coefficient (Wildman–Crippen LogP) is 2.20. The van der Waals surface area contributed by atoms with Crippen LogP contribution in [0.4, 0.5) is 13.2 Å². The predicted molar refractivity (Wildman–Crippen MR) is 48.0 cm³/mol. The van der Waals surface area contributed by atoms with Crippen LogP contribution >= 0.6 is 0 Å². The van der Waals surface area contributed by atoms with Gasteiger partial charge in [-0.2, -0.15) is 13.2 Å². The molecule has 0 aromatic heterocycles. The lowest BCUT2D eigenvalue weighted by Crippen LogP contribution is -2.11. The summed E-state index contributed by atoms with van der Waals surface area (Å²) >= 11 is 0. The number of hydrogen-bond donors (Lipinski definition) is 1. The van der Waals surface area contributed by atoms with Crippen molar-refractivity contribution in [3.63, 3.8) is 0 Å². The molecule has 1 fully saturated rings. The minimum Gasteiger partial charge on any atom is -0.273 e. The Hall–Kier alpha value is -1.56. The SMILES string of the molecule is O=C1CC(c2ccc(C(F)(F)F)cc2)ON1. The summed E-state index contributed by atoms with van der Waals surface area (Å²) in [5, 5.41) is 0. The number of halogens is 3. The molecule has 0 spiro atoms. The first kappa shape index (κ1) is 10.9. The molecular weight excluding hydrogens is 223 g/mol. The Kier molecular flexibility index (Phi) is 2.59. The second-order valence-corrected chi connectivity index (χ2v) is 3.46. The number of amides is 1. The molecule has 0 aliphatic carbocycles. The van der Waals surface area contributed by atoms with Gasteiger partial charge in [-0.15, -0.1) is 0 Å². The van der Waals surface area contributed by atoms with E-state index in [0.717, 1.165) is 12.1 Å². The van der Waals surface area contributed by atoms with Crippen molar-refractivity contribution in [2.45, 2.75) is 18.7 Å². The van der Waals surface area contributed by atoms with Gasteiger partial charge in [-0.25, -0.2) is 5.48 Å². The van der Waals surface area contributed by atoms with Crippen LogP contribution in [0.1, 0.15) is 23.7 Å². The molecule has 1 aromatic carbocycles. The molecule has 86 valence electrons. The standard InChI is InChI=1S/C10H8F3NO2/c11-10(12,13)7-3-1-6(2-4-7)8-5-9(15)14-16-8/h1-4,8H,5H2,(H,14,15). The fourth-order valence-corrected chi connectivity index (χ4v) is 1.46. The average Bonchev–Trinajstić information content (AvgIpc) is 2.64. The second-order valence-electron chi connectivity index (χ2n) is 3.46. The first-order valence-corrected chi connectivity index (χ1v) is 4.58. The van der Waals surface area contributed by atoms with Gasteiger partial charge < -0.3 is 0 Å². The molecule has 1 aromatic rings. The van der Waals surface area contributed by atoms with E-state index in [1.165, 1.54) is 12.1 Å². The first-order valence-electron chi connectivity index (χ1n) is 4.58. The summed E-state index contributed by atoms with van der Waals surface area (Å²) in [5.41, 5.74) is 1.98. The molecule has 2 rings (SSSR count). The summed E-state index contributed by atoms with van der Waals surface area (Å²) in [4.78, 5) is 15.7. The lowest BCUT2D eigenvalue weighted by Gasteiger charge is -2.10. The molecule has 1 unspecified atom stereocenters. The lowest BCUT2D eigenvalue weighted by molar-refractivity contribution is -0.137. The molecule has 1 saturated heterocycles. The number of hydrogen-bond acceptors (Lipinski definition) is 2. The number of rotatable bonds is 1.